The Kier molecular flexibility index (Phi) is 2.29. The van der Waals surface area contributed by atoms with Crippen molar-refractivity contribution < 1.29 is 9.53 Å². The van der Waals surface area contributed by atoms with Crippen LogP contribution >= 0.6 is 0 Å². The number of rotatable bonds is 1. The van der Waals surface area contributed by atoms with Gasteiger partial charge in [0.1, 0.15) is 0 Å². The minimum atomic E-state index is -0.356. The quantitative estimate of drug-likeness (QED) is 0.656. The van der Waals surface area contributed by atoms with Gasteiger partial charge in [-0.15, -0.1) is 0 Å². The van der Waals surface area contributed by atoms with Gasteiger partial charge in [-0.3, -0.25) is 4.79 Å². The fraction of sp³-hybridized carbons (Fsp3) is 0.462. The second-order valence-corrected chi connectivity index (χ2v) is 4.68. The molecule has 2 rings (SSSR count). The summed E-state index contributed by atoms with van der Waals surface area (Å²) < 4.78 is 4.86. The van der Waals surface area contributed by atoms with Crippen molar-refractivity contribution in [3.63, 3.8) is 0 Å². The van der Waals surface area contributed by atoms with Crippen LogP contribution in [0.2, 0.25) is 0 Å². The first kappa shape index (κ1) is 10.2. The lowest BCUT2D eigenvalue weighted by Gasteiger charge is -2.19. The van der Waals surface area contributed by atoms with Gasteiger partial charge >= 0.3 is 5.97 Å². The van der Waals surface area contributed by atoms with E-state index in [1.165, 1.54) is 23.8 Å². The summed E-state index contributed by atoms with van der Waals surface area (Å²) in [6.07, 6.45) is 1.60. The van der Waals surface area contributed by atoms with E-state index in [4.69, 9.17) is 4.74 Å². The minimum Gasteiger partial charge on any atom is -0.469 e. The lowest BCUT2D eigenvalue weighted by Crippen LogP contribution is -2.29. The van der Waals surface area contributed by atoms with Gasteiger partial charge in [-0.1, -0.05) is 23.8 Å². The van der Waals surface area contributed by atoms with Crippen LogP contribution in [0.4, 0.5) is 0 Å². The molecule has 1 aliphatic carbocycles. The number of hydrogen-bond acceptors (Lipinski definition) is 2. The molecule has 0 saturated heterocycles. The van der Waals surface area contributed by atoms with Crippen molar-refractivity contribution in [1.82, 2.24) is 0 Å². The van der Waals surface area contributed by atoms with Crippen molar-refractivity contribution in [2.75, 3.05) is 7.11 Å². The molecular weight excluding hydrogens is 188 g/mol. The molecule has 0 amide bonds. The first-order valence-corrected chi connectivity index (χ1v) is 5.22. The van der Waals surface area contributed by atoms with Crippen molar-refractivity contribution in [1.29, 1.82) is 0 Å². The third kappa shape index (κ3) is 1.65. The summed E-state index contributed by atoms with van der Waals surface area (Å²) in [4.78, 5) is 11.7. The summed E-state index contributed by atoms with van der Waals surface area (Å²) in [7, 11) is 1.46. The number of fused-ring (bicyclic) bond motifs is 1. The highest BCUT2D eigenvalue weighted by Crippen LogP contribution is 2.37. The third-order valence-electron chi connectivity index (χ3n) is 3.20. The summed E-state index contributed by atoms with van der Waals surface area (Å²) in [5.41, 5.74) is 3.48. The number of esters is 1. The number of benzene rings is 1. The zero-order chi connectivity index (χ0) is 11.1. The number of carbonyl (C=O) groups is 1. The number of carbonyl (C=O) groups excluding carboxylic acids is 1. The molecule has 0 aromatic heterocycles. The molecule has 0 aliphatic heterocycles. The van der Waals surface area contributed by atoms with Gasteiger partial charge in [-0.2, -0.15) is 0 Å². The lowest BCUT2D eigenvalue weighted by atomic mass is 9.87. The topological polar surface area (TPSA) is 26.3 Å². The summed E-state index contributed by atoms with van der Waals surface area (Å²) in [5.74, 6) is -0.101. The zero-order valence-electron chi connectivity index (χ0n) is 9.46. The predicted octanol–water partition coefficient (Wildman–Crippen LogP) is 2.27. The van der Waals surface area contributed by atoms with Crippen molar-refractivity contribution >= 4 is 5.97 Å². The molecule has 0 heterocycles. The van der Waals surface area contributed by atoms with Gasteiger partial charge in [0.15, 0.2) is 0 Å². The van der Waals surface area contributed by atoms with Crippen molar-refractivity contribution in [3.05, 3.63) is 34.9 Å². The molecule has 15 heavy (non-hydrogen) atoms. The maximum absolute atomic E-state index is 11.7. The Morgan fingerprint density at radius 2 is 2.00 bits per heavy atom. The lowest BCUT2D eigenvalue weighted by molar-refractivity contribution is -0.151. The Morgan fingerprint density at radius 3 is 2.67 bits per heavy atom. The number of hydrogen-bond donors (Lipinski definition) is 0. The van der Waals surface area contributed by atoms with E-state index in [0.29, 0.717) is 0 Å². The van der Waals surface area contributed by atoms with Gasteiger partial charge in [-0.05, 0) is 37.8 Å². The standard InChI is InChI=1S/C13H16O2/c1-9-4-5-10-7-13(2,12(14)15-3)8-11(10)6-9/h4-6H,7-8H2,1-3H3. The van der Waals surface area contributed by atoms with Crippen molar-refractivity contribution in [3.8, 4) is 0 Å². The Labute approximate surface area is 90.3 Å². The largest absolute Gasteiger partial charge is 0.469 e. The third-order valence-corrected chi connectivity index (χ3v) is 3.20. The Bertz CT molecular complexity index is 409. The Balaban J connectivity index is 2.32. The van der Waals surface area contributed by atoms with Crippen LogP contribution in [0.3, 0.4) is 0 Å². The first-order chi connectivity index (χ1) is 7.05. The molecule has 0 saturated carbocycles. The molecule has 2 nitrogen and oxygen atoms in total. The molecule has 1 aromatic rings. The molecular formula is C13H16O2. The van der Waals surface area contributed by atoms with Gasteiger partial charge in [0.05, 0.1) is 12.5 Å². The number of ether oxygens (including phenoxy) is 1. The second-order valence-electron chi connectivity index (χ2n) is 4.68. The molecule has 0 spiro atoms. The zero-order valence-corrected chi connectivity index (χ0v) is 9.46. The molecule has 1 aliphatic rings. The fourth-order valence-corrected chi connectivity index (χ4v) is 2.39. The van der Waals surface area contributed by atoms with E-state index in [9.17, 15) is 4.79 Å². The van der Waals surface area contributed by atoms with Crippen molar-refractivity contribution in [2.45, 2.75) is 26.7 Å². The molecule has 0 fully saturated rings. The maximum Gasteiger partial charge on any atom is 0.312 e. The molecule has 80 valence electrons. The van der Waals surface area contributed by atoms with Crippen LogP contribution < -0.4 is 0 Å². The molecule has 0 N–H and O–H groups in total. The van der Waals surface area contributed by atoms with Gasteiger partial charge in [0, 0.05) is 0 Å². The predicted molar refractivity (Wildman–Crippen MR) is 58.7 cm³/mol. The van der Waals surface area contributed by atoms with E-state index >= 15 is 0 Å². The SMILES string of the molecule is COC(=O)C1(C)Cc2ccc(C)cc2C1. The molecule has 0 bridgehead atoms. The average molecular weight is 204 g/mol. The summed E-state index contributed by atoms with van der Waals surface area (Å²) in [6.45, 7) is 4.06. The first-order valence-electron chi connectivity index (χ1n) is 5.22. The highest BCUT2D eigenvalue weighted by atomic mass is 16.5. The Morgan fingerprint density at radius 1 is 1.33 bits per heavy atom. The summed E-state index contributed by atoms with van der Waals surface area (Å²) in [5, 5.41) is 0. The van der Waals surface area contributed by atoms with Crippen LogP contribution in [-0.2, 0) is 22.4 Å². The van der Waals surface area contributed by atoms with E-state index in [2.05, 4.69) is 25.1 Å². The molecule has 1 unspecified atom stereocenters. The monoisotopic (exact) mass is 204 g/mol. The molecule has 2 heteroatoms. The van der Waals surface area contributed by atoms with Crippen LogP contribution in [0.25, 0.3) is 0 Å². The highest BCUT2D eigenvalue weighted by Gasteiger charge is 2.40. The smallest absolute Gasteiger partial charge is 0.312 e. The van der Waals surface area contributed by atoms with Gasteiger partial charge < -0.3 is 4.74 Å². The maximum atomic E-state index is 11.7. The van der Waals surface area contributed by atoms with E-state index in [1.54, 1.807) is 0 Å². The van der Waals surface area contributed by atoms with Crippen LogP contribution in [0.1, 0.15) is 23.6 Å². The second kappa shape index (κ2) is 3.37. The molecule has 1 aromatic carbocycles. The Hall–Kier alpha value is -1.31. The average Bonchev–Trinajstić information content (AvgIpc) is 2.53. The van der Waals surface area contributed by atoms with Crippen molar-refractivity contribution in [2.24, 2.45) is 5.41 Å². The van der Waals surface area contributed by atoms with Gasteiger partial charge in [-0.25, -0.2) is 0 Å². The van der Waals surface area contributed by atoms with Crippen LogP contribution in [-0.4, -0.2) is 13.1 Å². The van der Waals surface area contributed by atoms with Crippen LogP contribution in [0.15, 0.2) is 18.2 Å². The minimum absolute atomic E-state index is 0.101. The molecule has 1 atom stereocenters. The fourth-order valence-electron chi connectivity index (χ4n) is 2.39. The number of aryl methyl sites for hydroxylation is 1. The number of methoxy groups -OCH3 is 1. The highest BCUT2D eigenvalue weighted by molar-refractivity contribution is 5.78. The van der Waals surface area contributed by atoms with Crippen LogP contribution in [0, 0.1) is 12.3 Å². The summed E-state index contributed by atoms with van der Waals surface area (Å²) >= 11 is 0. The molecule has 0 radical (unpaired) electrons. The summed E-state index contributed by atoms with van der Waals surface area (Å²) in [6, 6.07) is 6.39. The van der Waals surface area contributed by atoms with E-state index in [-0.39, 0.29) is 11.4 Å². The van der Waals surface area contributed by atoms with E-state index < -0.39 is 0 Å². The van der Waals surface area contributed by atoms with Gasteiger partial charge in [0.2, 0.25) is 0 Å². The van der Waals surface area contributed by atoms with E-state index in [0.717, 1.165) is 12.8 Å². The van der Waals surface area contributed by atoms with E-state index in [1.807, 2.05) is 6.92 Å². The van der Waals surface area contributed by atoms with Crippen LogP contribution in [0.5, 0.6) is 0 Å². The van der Waals surface area contributed by atoms with Gasteiger partial charge in [0.25, 0.3) is 0 Å². The normalized spacial score (nSPS) is 23.7.